The van der Waals surface area contributed by atoms with E-state index < -0.39 is 60.7 Å². The first-order valence-corrected chi connectivity index (χ1v) is 9.49. The molecule has 0 aromatic heterocycles. The Labute approximate surface area is 160 Å². The van der Waals surface area contributed by atoms with Gasteiger partial charge in [0.05, 0.1) is 6.04 Å². The van der Waals surface area contributed by atoms with E-state index >= 15 is 0 Å². The van der Waals surface area contributed by atoms with Gasteiger partial charge >= 0.3 is 17.9 Å². The third-order valence-corrected chi connectivity index (χ3v) is 4.16. The third-order valence-electron chi connectivity index (χ3n) is 3.51. The Balaban J connectivity index is 5.04. The third kappa shape index (κ3) is 11.1. The average Bonchev–Trinajstić information content (AvgIpc) is 2.58. The lowest BCUT2D eigenvalue weighted by Crippen LogP contribution is -2.54. The maximum atomic E-state index is 12.3. The number of thioether (sulfide) groups is 1. The Bertz CT molecular complexity index is 557. The molecule has 0 aliphatic rings. The first-order valence-electron chi connectivity index (χ1n) is 8.10. The van der Waals surface area contributed by atoms with E-state index in [0.29, 0.717) is 12.2 Å². The fourth-order valence-corrected chi connectivity index (χ4v) is 2.48. The largest absolute Gasteiger partial charge is 0.481 e. The molecule has 27 heavy (non-hydrogen) atoms. The van der Waals surface area contributed by atoms with E-state index in [2.05, 4.69) is 10.6 Å². The summed E-state index contributed by atoms with van der Waals surface area (Å²) in [5, 5.41) is 31.0. The molecule has 0 radical (unpaired) electrons. The van der Waals surface area contributed by atoms with Crippen LogP contribution in [0, 0.1) is 0 Å². The molecule has 7 N–H and O–H groups in total. The molecule has 2 amide bonds. The van der Waals surface area contributed by atoms with Crippen LogP contribution < -0.4 is 16.4 Å². The number of carboxylic acid groups (broad SMARTS) is 3. The number of carboxylic acids is 3. The molecule has 3 atom stereocenters. The summed E-state index contributed by atoms with van der Waals surface area (Å²) in [6, 6.07) is -3.69. The van der Waals surface area contributed by atoms with Crippen molar-refractivity contribution < 1.29 is 39.3 Å². The molecule has 0 fully saturated rings. The highest BCUT2D eigenvalue weighted by atomic mass is 32.2. The van der Waals surface area contributed by atoms with Crippen molar-refractivity contribution in [3.05, 3.63) is 0 Å². The zero-order valence-electron chi connectivity index (χ0n) is 14.8. The van der Waals surface area contributed by atoms with Gasteiger partial charge in [-0.1, -0.05) is 0 Å². The first kappa shape index (κ1) is 24.7. The van der Waals surface area contributed by atoms with Crippen molar-refractivity contribution in [2.45, 2.75) is 50.2 Å². The molecule has 0 aromatic carbocycles. The van der Waals surface area contributed by atoms with Crippen molar-refractivity contribution in [1.29, 1.82) is 0 Å². The van der Waals surface area contributed by atoms with E-state index in [9.17, 15) is 24.0 Å². The van der Waals surface area contributed by atoms with Gasteiger partial charge in [0.2, 0.25) is 11.8 Å². The van der Waals surface area contributed by atoms with E-state index in [1.165, 1.54) is 11.8 Å². The number of nitrogens with one attached hydrogen (secondary N) is 2. The van der Waals surface area contributed by atoms with E-state index in [0.717, 1.165) is 0 Å². The molecule has 12 heteroatoms. The lowest BCUT2D eigenvalue weighted by atomic mass is 10.1. The predicted octanol–water partition coefficient (Wildman–Crippen LogP) is -1.15. The van der Waals surface area contributed by atoms with Crippen LogP contribution in [0.3, 0.4) is 0 Å². The second-order valence-electron chi connectivity index (χ2n) is 5.71. The number of aliphatic carboxylic acids is 3. The van der Waals surface area contributed by atoms with Crippen molar-refractivity contribution in [3.8, 4) is 0 Å². The minimum atomic E-state index is -1.48. The minimum Gasteiger partial charge on any atom is -0.481 e. The van der Waals surface area contributed by atoms with Crippen LogP contribution in [0.15, 0.2) is 0 Å². The maximum absolute atomic E-state index is 12.3. The number of nitrogens with two attached hydrogens (primary N) is 1. The maximum Gasteiger partial charge on any atom is 0.326 e. The molecule has 0 heterocycles. The molecule has 3 unspecified atom stereocenters. The van der Waals surface area contributed by atoms with Crippen molar-refractivity contribution in [3.63, 3.8) is 0 Å². The first-order chi connectivity index (χ1) is 12.6. The zero-order chi connectivity index (χ0) is 21.0. The van der Waals surface area contributed by atoms with Crippen molar-refractivity contribution in [2.24, 2.45) is 5.73 Å². The summed E-state index contributed by atoms with van der Waals surface area (Å²) in [7, 11) is 0. The van der Waals surface area contributed by atoms with E-state index in [1.807, 2.05) is 6.26 Å². The van der Waals surface area contributed by atoms with E-state index in [-0.39, 0.29) is 12.8 Å². The topological polar surface area (TPSA) is 196 Å². The molecular formula is C15H25N3O8S. The monoisotopic (exact) mass is 407 g/mol. The van der Waals surface area contributed by atoms with Crippen molar-refractivity contribution >= 4 is 41.5 Å². The van der Waals surface area contributed by atoms with Gasteiger partial charge in [0, 0.05) is 12.8 Å². The van der Waals surface area contributed by atoms with Crippen LogP contribution in [0.25, 0.3) is 0 Å². The number of amides is 2. The standard InChI is InChI=1S/C15H25N3O8S/c1-27-7-6-8(16)13(23)17-9(2-4-11(19)20)14(24)18-10(15(25)26)3-5-12(21)22/h8-10H,2-7,16H2,1H3,(H,17,23)(H,18,24)(H,19,20)(H,21,22)(H,25,26). The van der Waals surface area contributed by atoms with Gasteiger partial charge in [-0.05, 0) is 31.3 Å². The van der Waals surface area contributed by atoms with E-state index in [4.69, 9.17) is 21.1 Å². The van der Waals surface area contributed by atoms with Gasteiger partial charge < -0.3 is 31.7 Å². The molecule has 11 nitrogen and oxygen atoms in total. The van der Waals surface area contributed by atoms with E-state index in [1.54, 1.807) is 0 Å². The normalized spacial score (nSPS) is 13.9. The Morgan fingerprint density at radius 1 is 0.852 bits per heavy atom. The smallest absolute Gasteiger partial charge is 0.326 e. The molecule has 0 aromatic rings. The van der Waals surface area contributed by atoms with Crippen LogP contribution in [0.4, 0.5) is 0 Å². The zero-order valence-corrected chi connectivity index (χ0v) is 15.7. The molecule has 0 aliphatic heterocycles. The predicted molar refractivity (Wildman–Crippen MR) is 96.2 cm³/mol. The Hall–Kier alpha value is -2.34. The molecule has 0 spiro atoms. The average molecular weight is 407 g/mol. The van der Waals surface area contributed by atoms with Crippen LogP contribution in [0.5, 0.6) is 0 Å². The summed E-state index contributed by atoms with van der Waals surface area (Å²) in [4.78, 5) is 56.9. The van der Waals surface area contributed by atoms with Gasteiger partial charge in [-0.25, -0.2) is 4.79 Å². The van der Waals surface area contributed by atoms with Gasteiger partial charge in [-0.3, -0.25) is 19.2 Å². The number of carbonyl (C=O) groups is 5. The van der Waals surface area contributed by atoms with Gasteiger partial charge in [-0.15, -0.1) is 0 Å². The quantitative estimate of drug-likeness (QED) is 0.204. The fourth-order valence-electron chi connectivity index (χ4n) is 1.99. The Morgan fingerprint density at radius 3 is 1.78 bits per heavy atom. The van der Waals surface area contributed by atoms with Crippen LogP contribution in [0.2, 0.25) is 0 Å². The van der Waals surface area contributed by atoms with Gasteiger partial charge in [0.1, 0.15) is 12.1 Å². The second kappa shape index (κ2) is 12.9. The van der Waals surface area contributed by atoms with Gasteiger partial charge in [0.15, 0.2) is 0 Å². The second-order valence-corrected chi connectivity index (χ2v) is 6.70. The molecule has 0 saturated carbocycles. The van der Waals surface area contributed by atoms with Crippen molar-refractivity contribution in [1.82, 2.24) is 10.6 Å². The number of hydrogen-bond donors (Lipinski definition) is 6. The summed E-state index contributed by atoms with van der Waals surface area (Å²) in [5.41, 5.74) is 5.71. The Kier molecular flexibility index (Phi) is 11.8. The van der Waals surface area contributed by atoms with Crippen LogP contribution in [-0.4, -0.2) is 75.2 Å². The molecular weight excluding hydrogens is 382 g/mol. The van der Waals surface area contributed by atoms with Crippen LogP contribution in [-0.2, 0) is 24.0 Å². The van der Waals surface area contributed by atoms with Gasteiger partial charge in [-0.2, -0.15) is 11.8 Å². The molecule has 154 valence electrons. The number of hydrogen-bond acceptors (Lipinski definition) is 7. The number of carbonyl (C=O) groups excluding carboxylic acids is 2. The highest BCUT2D eigenvalue weighted by molar-refractivity contribution is 7.98. The fraction of sp³-hybridized carbons (Fsp3) is 0.667. The summed E-state index contributed by atoms with van der Waals surface area (Å²) in [6.07, 6.45) is 0.623. The van der Waals surface area contributed by atoms with Crippen molar-refractivity contribution in [2.75, 3.05) is 12.0 Å². The summed E-state index contributed by atoms with van der Waals surface area (Å²) >= 11 is 1.48. The minimum absolute atomic E-state index is 0.270. The SMILES string of the molecule is CSCCC(N)C(=O)NC(CCC(=O)O)C(=O)NC(CCC(=O)O)C(=O)O. The molecule has 0 bridgehead atoms. The highest BCUT2D eigenvalue weighted by Gasteiger charge is 2.28. The lowest BCUT2D eigenvalue weighted by molar-refractivity contribution is -0.144. The lowest BCUT2D eigenvalue weighted by Gasteiger charge is -2.22. The summed E-state index contributed by atoms with van der Waals surface area (Å²) in [5.74, 6) is -4.84. The summed E-state index contributed by atoms with van der Waals surface area (Å²) in [6.45, 7) is 0. The van der Waals surface area contributed by atoms with Crippen LogP contribution >= 0.6 is 11.8 Å². The summed E-state index contributed by atoms with van der Waals surface area (Å²) < 4.78 is 0. The Morgan fingerprint density at radius 2 is 1.33 bits per heavy atom. The molecule has 0 rings (SSSR count). The number of rotatable bonds is 14. The van der Waals surface area contributed by atoms with Gasteiger partial charge in [0.25, 0.3) is 0 Å². The molecule has 0 aliphatic carbocycles. The molecule has 0 saturated heterocycles. The van der Waals surface area contributed by atoms with Crippen LogP contribution in [0.1, 0.15) is 32.1 Å². The highest BCUT2D eigenvalue weighted by Crippen LogP contribution is 2.05.